The average Bonchev–Trinajstić information content (AvgIpc) is 3.15. The molecule has 29 heavy (non-hydrogen) atoms. The van der Waals surface area contributed by atoms with E-state index in [0.717, 1.165) is 0 Å². The van der Waals surface area contributed by atoms with Gasteiger partial charge in [-0.05, 0) is 38.5 Å². The fourth-order valence-corrected chi connectivity index (χ4v) is 3.72. The molecule has 0 aliphatic heterocycles. The number of sulfonamides is 1. The minimum atomic E-state index is -3.81. The number of benzene rings is 1. The lowest BCUT2D eigenvalue weighted by molar-refractivity contribution is 0.0728. The summed E-state index contributed by atoms with van der Waals surface area (Å²) >= 11 is 6.28. The summed E-state index contributed by atoms with van der Waals surface area (Å²) in [6.07, 6.45) is 4.40. The van der Waals surface area contributed by atoms with Crippen molar-refractivity contribution in [2.45, 2.75) is 30.8 Å². The number of halogens is 1. The fraction of sp³-hybridized carbons (Fsp3) is 0.294. The van der Waals surface area contributed by atoms with Crippen molar-refractivity contribution in [2.24, 2.45) is 0 Å². The SMILES string of the molecule is CC(C)(O)CCNS(=O)(=O)c1ccc(Cl)c(-c2cnc(N)c(-n3cncn3)n2)c1. The number of nitrogens with zero attached hydrogens (tertiary/aromatic N) is 5. The lowest BCUT2D eigenvalue weighted by atomic mass is 10.1. The molecule has 12 heteroatoms. The minimum Gasteiger partial charge on any atom is -0.390 e. The van der Waals surface area contributed by atoms with E-state index in [1.165, 1.54) is 41.7 Å². The molecule has 0 aliphatic rings. The maximum Gasteiger partial charge on any atom is 0.240 e. The largest absolute Gasteiger partial charge is 0.390 e. The summed E-state index contributed by atoms with van der Waals surface area (Å²) in [4.78, 5) is 12.4. The van der Waals surface area contributed by atoms with E-state index >= 15 is 0 Å². The van der Waals surface area contributed by atoms with E-state index in [1.54, 1.807) is 13.8 Å². The quantitative estimate of drug-likeness (QED) is 0.502. The van der Waals surface area contributed by atoms with Crippen molar-refractivity contribution in [1.29, 1.82) is 0 Å². The molecule has 2 heterocycles. The molecule has 0 radical (unpaired) electrons. The second-order valence-electron chi connectivity index (χ2n) is 6.91. The van der Waals surface area contributed by atoms with Crippen molar-refractivity contribution in [3.63, 3.8) is 0 Å². The lowest BCUT2D eigenvalue weighted by Gasteiger charge is -2.17. The summed E-state index contributed by atoms with van der Waals surface area (Å²) in [7, 11) is -3.81. The Hall–Kier alpha value is -2.60. The highest BCUT2D eigenvalue weighted by molar-refractivity contribution is 7.89. The van der Waals surface area contributed by atoms with Gasteiger partial charge in [0.05, 0.1) is 27.4 Å². The van der Waals surface area contributed by atoms with Crippen LogP contribution in [0.4, 0.5) is 5.82 Å². The molecule has 0 atom stereocenters. The highest BCUT2D eigenvalue weighted by Crippen LogP contribution is 2.30. The van der Waals surface area contributed by atoms with Gasteiger partial charge in [0, 0.05) is 12.1 Å². The zero-order valence-electron chi connectivity index (χ0n) is 15.7. The summed E-state index contributed by atoms with van der Waals surface area (Å²) in [5.74, 6) is 0.375. The molecular weight excluding hydrogens is 418 g/mol. The van der Waals surface area contributed by atoms with Crippen LogP contribution in [0.3, 0.4) is 0 Å². The van der Waals surface area contributed by atoms with Gasteiger partial charge in [0.15, 0.2) is 11.6 Å². The van der Waals surface area contributed by atoms with Crippen LogP contribution in [-0.4, -0.2) is 50.4 Å². The molecule has 10 nitrogen and oxygen atoms in total. The molecule has 0 saturated carbocycles. The standard InChI is InChI=1S/C17H20ClN7O3S/c1-17(2,26)5-6-23-29(27,28)11-3-4-13(18)12(7-11)14-8-21-15(19)16(24-14)25-10-20-9-22-25/h3-4,7-10,23,26H,5-6H2,1-2H3,(H2,19,21). The monoisotopic (exact) mass is 437 g/mol. The van der Waals surface area contributed by atoms with E-state index in [1.807, 2.05) is 0 Å². The molecule has 154 valence electrons. The number of nitrogens with two attached hydrogens (primary N) is 1. The second kappa shape index (κ2) is 8.03. The van der Waals surface area contributed by atoms with Gasteiger partial charge in [0.1, 0.15) is 12.7 Å². The van der Waals surface area contributed by atoms with Gasteiger partial charge in [-0.1, -0.05) is 11.6 Å². The number of hydrogen-bond donors (Lipinski definition) is 3. The van der Waals surface area contributed by atoms with Gasteiger partial charge in [-0.15, -0.1) is 0 Å². The number of rotatable bonds is 7. The molecular formula is C17H20ClN7O3S. The van der Waals surface area contributed by atoms with Gasteiger partial charge in [-0.3, -0.25) is 0 Å². The third-order valence-corrected chi connectivity index (χ3v) is 5.76. The predicted molar refractivity (Wildman–Crippen MR) is 108 cm³/mol. The number of aliphatic hydroxyl groups is 1. The van der Waals surface area contributed by atoms with Crippen LogP contribution in [0.5, 0.6) is 0 Å². The van der Waals surface area contributed by atoms with Crippen LogP contribution in [0.25, 0.3) is 17.1 Å². The number of nitrogen functional groups attached to an aromatic ring is 1. The zero-order valence-corrected chi connectivity index (χ0v) is 17.3. The van der Waals surface area contributed by atoms with Crippen molar-refractivity contribution in [2.75, 3.05) is 12.3 Å². The normalized spacial score (nSPS) is 12.3. The lowest BCUT2D eigenvalue weighted by Crippen LogP contribution is -2.30. The molecule has 4 N–H and O–H groups in total. The van der Waals surface area contributed by atoms with Crippen molar-refractivity contribution < 1.29 is 13.5 Å². The fourth-order valence-electron chi connectivity index (χ4n) is 2.45. The molecule has 0 aliphatic carbocycles. The van der Waals surface area contributed by atoms with Gasteiger partial charge in [-0.25, -0.2) is 28.1 Å². The van der Waals surface area contributed by atoms with Crippen LogP contribution in [-0.2, 0) is 10.0 Å². The first-order valence-electron chi connectivity index (χ1n) is 8.56. The van der Waals surface area contributed by atoms with Gasteiger partial charge >= 0.3 is 0 Å². The van der Waals surface area contributed by atoms with Crippen molar-refractivity contribution in [3.8, 4) is 17.1 Å². The Balaban J connectivity index is 1.95. The molecule has 3 aromatic rings. The zero-order chi connectivity index (χ0) is 21.2. The number of hydrogen-bond acceptors (Lipinski definition) is 8. The van der Waals surface area contributed by atoms with E-state index in [9.17, 15) is 13.5 Å². The summed E-state index contributed by atoms with van der Waals surface area (Å²) < 4.78 is 29.0. The summed E-state index contributed by atoms with van der Waals surface area (Å²) in [5.41, 5.74) is 5.57. The van der Waals surface area contributed by atoms with E-state index in [0.29, 0.717) is 16.3 Å². The molecule has 2 aromatic heterocycles. The van der Waals surface area contributed by atoms with E-state index in [2.05, 4.69) is 24.8 Å². The maximum absolute atomic E-state index is 12.6. The Kier molecular flexibility index (Phi) is 5.85. The van der Waals surface area contributed by atoms with Gasteiger partial charge in [-0.2, -0.15) is 9.78 Å². The van der Waals surface area contributed by atoms with Crippen LogP contribution in [0.2, 0.25) is 5.02 Å². The van der Waals surface area contributed by atoms with Crippen molar-refractivity contribution >= 4 is 27.4 Å². The predicted octanol–water partition coefficient (Wildman–Crippen LogP) is 1.40. The number of anilines is 1. The van der Waals surface area contributed by atoms with Crippen molar-refractivity contribution in [3.05, 3.63) is 42.1 Å². The molecule has 0 fully saturated rings. The van der Waals surface area contributed by atoms with Crippen LogP contribution in [0.15, 0.2) is 41.9 Å². The van der Waals surface area contributed by atoms with Crippen LogP contribution >= 0.6 is 11.6 Å². The second-order valence-corrected chi connectivity index (χ2v) is 9.08. The summed E-state index contributed by atoms with van der Waals surface area (Å²) in [5, 5.41) is 14.0. The molecule has 0 amide bonds. The number of aromatic nitrogens is 5. The first-order valence-corrected chi connectivity index (χ1v) is 10.4. The summed E-state index contributed by atoms with van der Waals surface area (Å²) in [6.45, 7) is 3.30. The Labute approximate surface area is 172 Å². The Bertz CT molecular complexity index is 1110. The highest BCUT2D eigenvalue weighted by Gasteiger charge is 2.20. The Morgan fingerprint density at radius 1 is 1.34 bits per heavy atom. The molecule has 0 saturated heterocycles. The smallest absolute Gasteiger partial charge is 0.240 e. The van der Waals surface area contributed by atoms with Crippen LogP contribution in [0.1, 0.15) is 20.3 Å². The average molecular weight is 438 g/mol. The van der Waals surface area contributed by atoms with Crippen molar-refractivity contribution in [1.82, 2.24) is 29.5 Å². The maximum atomic E-state index is 12.6. The molecule has 3 rings (SSSR count). The first kappa shape index (κ1) is 21.1. The highest BCUT2D eigenvalue weighted by atomic mass is 35.5. The van der Waals surface area contributed by atoms with E-state index < -0.39 is 15.6 Å². The third-order valence-electron chi connectivity index (χ3n) is 3.97. The molecule has 0 spiro atoms. The van der Waals surface area contributed by atoms with E-state index in [-0.39, 0.29) is 29.5 Å². The van der Waals surface area contributed by atoms with Gasteiger partial charge in [0.2, 0.25) is 10.0 Å². The minimum absolute atomic E-state index is 0.00794. The van der Waals surface area contributed by atoms with E-state index in [4.69, 9.17) is 17.3 Å². The molecule has 1 aromatic carbocycles. The van der Waals surface area contributed by atoms with Gasteiger partial charge in [0.25, 0.3) is 0 Å². The van der Waals surface area contributed by atoms with Crippen LogP contribution in [0, 0.1) is 0 Å². The Morgan fingerprint density at radius 3 is 2.76 bits per heavy atom. The molecule has 0 unspecified atom stereocenters. The topological polar surface area (TPSA) is 149 Å². The summed E-state index contributed by atoms with van der Waals surface area (Å²) in [6, 6.07) is 4.26. The Morgan fingerprint density at radius 2 is 2.10 bits per heavy atom. The van der Waals surface area contributed by atoms with Crippen LogP contribution < -0.4 is 10.5 Å². The third kappa shape index (κ3) is 5.07. The molecule has 0 bridgehead atoms. The number of nitrogens with one attached hydrogen (secondary N) is 1. The van der Waals surface area contributed by atoms with Gasteiger partial charge < -0.3 is 10.8 Å². The first-order chi connectivity index (χ1) is 13.6.